The number of ether oxygens (including phenoxy) is 1. The summed E-state index contributed by atoms with van der Waals surface area (Å²) in [6.45, 7) is 1.66. The van der Waals surface area contributed by atoms with Crippen molar-refractivity contribution in [1.82, 2.24) is 0 Å². The Morgan fingerprint density at radius 2 is 2.11 bits per heavy atom. The molecule has 0 unspecified atom stereocenters. The lowest BCUT2D eigenvalue weighted by molar-refractivity contribution is -0.148. The van der Waals surface area contributed by atoms with Crippen LogP contribution in [0, 0.1) is 44.8 Å². The summed E-state index contributed by atoms with van der Waals surface area (Å²) in [6, 6.07) is 8.45. The molecule has 1 aliphatic carbocycles. The summed E-state index contributed by atoms with van der Waals surface area (Å²) in [5.74, 6) is -1.52. The van der Waals surface area contributed by atoms with Gasteiger partial charge in [0.15, 0.2) is 10.8 Å². The van der Waals surface area contributed by atoms with Crippen LogP contribution in [0.15, 0.2) is 22.8 Å². The zero-order valence-corrected chi connectivity index (χ0v) is 10.1. The minimum Gasteiger partial charge on any atom is -0.469 e. The normalized spacial score (nSPS) is 26.5. The van der Waals surface area contributed by atoms with Crippen LogP contribution in [-0.4, -0.2) is 12.6 Å². The first-order valence-corrected chi connectivity index (χ1v) is 5.59. The van der Waals surface area contributed by atoms with E-state index in [0.29, 0.717) is 0 Å². The molecular formula is C13H9N3O3. The fourth-order valence-corrected chi connectivity index (χ4v) is 2.41. The highest BCUT2D eigenvalue weighted by Gasteiger charge is 2.87. The molecule has 1 aliphatic rings. The molecule has 6 nitrogen and oxygen atoms in total. The molecule has 1 heterocycles. The molecule has 1 fully saturated rings. The van der Waals surface area contributed by atoms with Crippen LogP contribution < -0.4 is 0 Å². The Balaban J connectivity index is 2.56. The van der Waals surface area contributed by atoms with Crippen LogP contribution in [0.4, 0.5) is 0 Å². The smallest absolute Gasteiger partial charge is 0.330 e. The van der Waals surface area contributed by atoms with Gasteiger partial charge in [-0.15, -0.1) is 0 Å². The third-order valence-corrected chi connectivity index (χ3v) is 3.36. The standard InChI is InChI=1S/C13H9N3O3/c1-2-18-11(17)13(8-16)10(9-4-3-5-19-9)12(13,6-14)7-15/h3-5,10H,2H2,1H3/t10-,13-/m0/s1. The lowest BCUT2D eigenvalue weighted by Gasteiger charge is -2.07. The molecule has 2 atom stereocenters. The number of carbonyl (C=O) groups is 1. The number of esters is 1. The summed E-state index contributed by atoms with van der Waals surface area (Å²) < 4.78 is 9.98. The fraction of sp³-hybridized carbons (Fsp3) is 0.385. The molecule has 2 rings (SSSR count). The lowest BCUT2D eigenvalue weighted by atomic mass is 9.97. The van der Waals surface area contributed by atoms with Gasteiger partial charge in [-0.1, -0.05) is 0 Å². The van der Waals surface area contributed by atoms with Crippen LogP contribution in [0.3, 0.4) is 0 Å². The van der Waals surface area contributed by atoms with Gasteiger partial charge in [0, 0.05) is 0 Å². The Labute approximate surface area is 109 Å². The van der Waals surface area contributed by atoms with Gasteiger partial charge in [-0.25, -0.2) is 0 Å². The molecule has 1 aromatic heterocycles. The van der Waals surface area contributed by atoms with Crippen molar-refractivity contribution in [1.29, 1.82) is 15.8 Å². The minimum atomic E-state index is -1.82. The number of hydrogen-bond donors (Lipinski definition) is 0. The van der Waals surface area contributed by atoms with Crippen molar-refractivity contribution >= 4 is 5.97 Å². The van der Waals surface area contributed by atoms with Crippen molar-refractivity contribution in [3.05, 3.63) is 24.2 Å². The summed E-state index contributed by atoms with van der Waals surface area (Å²) >= 11 is 0. The van der Waals surface area contributed by atoms with E-state index >= 15 is 0 Å². The molecule has 0 bridgehead atoms. The van der Waals surface area contributed by atoms with E-state index in [1.807, 2.05) is 0 Å². The van der Waals surface area contributed by atoms with Gasteiger partial charge in [-0.05, 0) is 19.1 Å². The Morgan fingerprint density at radius 1 is 1.42 bits per heavy atom. The van der Waals surface area contributed by atoms with E-state index in [9.17, 15) is 20.6 Å². The zero-order chi connectivity index (χ0) is 14.1. The van der Waals surface area contributed by atoms with Gasteiger partial charge in [0.1, 0.15) is 5.76 Å². The van der Waals surface area contributed by atoms with Crippen molar-refractivity contribution in [2.45, 2.75) is 12.8 Å². The molecule has 0 amide bonds. The van der Waals surface area contributed by atoms with Crippen LogP contribution in [0.5, 0.6) is 0 Å². The molecule has 0 saturated heterocycles. The fourth-order valence-electron chi connectivity index (χ4n) is 2.41. The summed E-state index contributed by atoms with van der Waals surface area (Å²) in [5, 5.41) is 27.8. The Morgan fingerprint density at radius 3 is 2.53 bits per heavy atom. The maximum atomic E-state index is 12.0. The number of rotatable bonds is 3. The van der Waals surface area contributed by atoms with Gasteiger partial charge in [-0.2, -0.15) is 15.8 Å². The Hall–Kier alpha value is -2.78. The first-order chi connectivity index (χ1) is 9.14. The highest BCUT2D eigenvalue weighted by atomic mass is 16.5. The SMILES string of the molecule is CCOC(=O)[C@]1(C#N)[C@@H](c2ccco2)C1(C#N)C#N. The molecule has 6 heteroatoms. The highest BCUT2D eigenvalue weighted by molar-refractivity contribution is 5.91. The van der Waals surface area contributed by atoms with E-state index in [1.54, 1.807) is 31.2 Å². The van der Waals surface area contributed by atoms with E-state index in [-0.39, 0.29) is 12.4 Å². The van der Waals surface area contributed by atoms with Crippen molar-refractivity contribution < 1.29 is 13.9 Å². The third-order valence-electron chi connectivity index (χ3n) is 3.36. The predicted molar refractivity (Wildman–Crippen MR) is 59.8 cm³/mol. The van der Waals surface area contributed by atoms with Gasteiger partial charge >= 0.3 is 5.97 Å². The van der Waals surface area contributed by atoms with Gasteiger partial charge in [0.2, 0.25) is 0 Å². The monoisotopic (exact) mass is 255 g/mol. The van der Waals surface area contributed by atoms with Crippen molar-refractivity contribution in [2.24, 2.45) is 10.8 Å². The van der Waals surface area contributed by atoms with Crippen molar-refractivity contribution in [2.75, 3.05) is 6.61 Å². The summed E-state index contributed by atoms with van der Waals surface area (Å²) in [6.07, 6.45) is 1.36. The molecule has 94 valence electrons. The van der Waals surface area contributed by atoms with Crippen LogP contribution >= 0.6 is 0 Å². The van der Waals surface area contributed by atoms with E-state index in [2.05, 4.69) is 0 Å². The van der Waals surface area contributed by atoms with Gasteiger partial charge in [0.25, 0.3) is 0 Å². The maximum absolute atomic E-state index is 12.0. The number of nitriles is 3. The number of furan rings is 1. The topological polar surface area (TPSA) is 111 Å². The average molecular weight is 255 g/mol. The number of carbonyl (C=O) groups excluding carboxylic acids is 1. The molecule has 0 N–H and O–H groups in total. The molecular weight excluding hydrogens is 246 g/mol. The Bertz CT molecular complexity index is 616. The van der Waals surface area contributed by atoms with Gasteiger partial charge in [-0.3, -0.25) is 4.79 Å². The molecule has 1 saturated carbocycles. The largest absolute Gasteiger partial charge is 0.469 e. The van der Waals surface area contributed by atoms with E-state index in [4.69, 9.17) is 9.15 Å². The summed E-state index contributed by atoms with van der Waals surface area (Å²) in [7, 11) is 0. The average Bonchev–Trinajstić information content (AvgIpc) is 2.73. The number of nitrogens with zero attached hydrogens (tertiary/aromatic N) is 3. The second-order valence-electron chi connectivity index (χ2n) is 4.12. The lowest BCUT2D eigenvalue weighted by Crippen LogP contribution is -2.24. The summed E-state index contributed by atoms with van der Waals surface area (Å²) in [4.78, 5) is 12.0. The van der Waals surface area contributed by atoms with Crippen molar-refractivity contribution in [3.8, 4) is 18.2 Å². The van der Waals surface area contributed by atoms with Crippen LogP contribution in [0.1, 0.15) is 18.6 Å². The van der Waals surface area contributed by atoms with Crippen LogP contribution in [0.25, 0.3) is 0 Å². The van der Waals surface area contributed by atoms with Crippen molar-refractivity contribution in [3.63, 3.8) is 0 Å². The van der Waals surface area contributed by atoms with E-state index in [1.165, 1.54) is 12.3 Å². The molecule has 0 radical (unpaired) electrons. The minimum absolute atomic E-state index is 0.0695. The quantitative estimate of drug-likeness (QED) is 0.756. The predicted octanol–water partition coefficient (Wildman–Crippen LogP) is 1.48. The second-order valence-corrected chi connectivity index (χ2v) is 4.12. The van der Waals surface area contributed by atoms with Gasteiger partial charge in [0.05, 0.1) is 37.0 Å². The summed E-state index contributed by atoms with van der Waals surface area (Å²) in [5.41, 5.74) is -3.57. The first-order valence-electron chi connectivity index (χ1n) is 5.59. The third kappa shape index (κ3) is 1.30. The Kier molecular flexibility index (Phi) is 2.77. The van der Waals surface area contributed by atoms with E-state index in [0.717, 1.165) is 0 Å². The highest BCUT2D eigenvalue weighted by Crippen LogP contribution is 2.74. The molecule has 19 heavy (non-hydrogen) atoms. The van der Waals surface area contributed by atoms with Gasteiger partial charge < -0.3 is 9.15 Å². The van der Waals surface area contributed by atoms with E-state index < -0.39 is 22.7 Å². The zero-order valence-electron chi connectivity index (χ0n) is 10.1. The second kappa shape index (κ2) is 4.15. The molecule has 0 spiro atoms. The maximum Gasteiger partial charge on any atom is 0.330 e. The molecule has 1 aromatic rings. The van der Waals surface area contributed by atoms with Crippen LogP contribution in [0.2, 0.25) is 0 Å². The molecule has 0 aromatic carbocycles. The van der Waals surface area contributed by atoms with Crippen LogP contribution in [-0.2, 0) is 9.53 Å². The number of hydrogen-bond acceptors (Lipinski definition) is 6. The molecule has 0 aliphatic heterocycles. The first kappa shape index (κ1) is 12.7.